The summed E-state index contributed by atoms with van der Waals surface area (Å²) < 4.78 is 34.9. The van der Waals surface area contributed by atoms with Crippen molar-refractivity contribution in [2.24, 2.45) is 0 Å². The van der Waals surface area contributed by atoms with Crippen molar-refractivity contribution < 1.29 is 23.4 Å². The molecule has 0 radical (unpaired) electrons. The monoisotopic (exact) mass is 386 g/mol. The molecule has 0 unspecified atom stereocenters. The lowest BCUT2D eigenvalue weighted by atomic mass is 10.1. The minimum atomic E-state index is -1.42. The van der Waals surface area contributed by atoms with Crippen molar-refractivity contribution >= 4 is 22.6 Å². The fourth-order valence-corrected chi connectivity index (χ4v) is 3.35. The van der Waals surface area contributed by atoms with Crippen LogP contribution in [-0.4, -0.2) is 41.9 Å². The van der Waals surface area contributed by atoms with Crippen LogP contribution in [0.4, 0.5) is 14.5 Å². The molecule has 3 aromatic rings. The summed E-state index contributed by atoms with van der Waals surface area (Å²) in [6.45, 7) is 1.91. The van der Waals surface area contributed by atoms with E-state index in [0.29, 0.717) is 43.2 Å². The molecule has 0 spiro atoms. The van der Waals surface area contributed by atoms with Crippen LogP contribution in [0.1, 0.15) is 10.4 Å². The predicted octanol–water partition coefficient (Wildman–Crippen LogP) is 2.80. The highest BCUT2D eigenvalue weighted by Gasteiger charge is 2.21. The number of pyridine rings is 1. The molecule has 1 aliphatic heterocycles. The first-order chi connectivity index (χ1) is 13.5. The number of carboxylic acids is 1. The number of anilines is 1. The first-order valence-corrected chi connectivity index (χ1v) is 8.66. The molecular formula is C20H16F2N2O4. The molecule has 1 aromatic heterocycles. The van der Waals surface area contributed by atoms with Crippen LogP contribution in [0.3, 0.4) is 0 Å². The normalized spacial score (nSPS) is 14.4. The van der Waals surface area contributed by atoms with Crippen LogP contribution in [0.25, 0.3) is 16.6 Å². The second kappa shape index (κ2) is 7.05. The molecule has 4 rings (SSSR count). The van der Waals surface area contributed by atoms with Gasteiger partial charge in [-0.3, -0.25) is 4.79 Å². The summed E-state index contributed by atoms with van der Waals surface area (Å²) in [6.07, 6.45) is 1.18. The molecule has 144 valence electrons. The lowest BCUT2D eigenvalue weighted by molar-refractivity contribution is 0.0695. The summed E-state index contributed by atoms with van der Waals surface area (Å²) in [7, 11) is 0. The number of fused-ring (bicyclic) bond motifs is 1. The lowest BCUT2D eigenvalue weighted by Crippen LogP contribution is -2.36. The fraction of sp³-hybridized carbons (Fsp3) is 0.200. The van der Waals surface area contributed by atoms with Gasteiger partial charge < -0.3 is 19.3 Å². The molecule has 8 heteroatoms. The standard InChI is InChI=1S/C20H16F2N2O4/c21-12-1-3-13(4-2-12)24-11-15(20(26)27)19(25)14-9-16(22)18(10-17(14)24)23-5-7-28-8-6-23/h1-4,9-11H,5-8H2,(H,26,27). The molecule has 0 saturated carbocycles. The summed E-state index contributed by atoms with van der Waals surface area (Å²) >= 11 is 0. The number of hydrogen-bond donors (Lipinski definition) is 1. The van der Waals surface area contributed by atoms with Crippen molar-refractivity contribution in [3.8, 4) is 5.69 Å². The fourth-order valence-electron chi connectivity index (χ4n) is 3.35. The quantitative estimate of drug-likeness (QED) is 0.750. The van der Waals surface area contributed by atoms with E-state index in [9.17, 15) is 23.5 Å². The Kier molecular flexibility index (Phi) is 4.56. The van der Waals surface area contributed by atoms with Crippen LogP contribution in [0.5, 0.6) is 0 Å². The highest BCUT2D eigenvalue weighted by molar-refractivity contribution is 5.94. The van der Waals surface area contributed by atoms with Crippen molar-refractivity contribution in [3.05, 3.63) is 70.0 Å². The minimum absolute atomic E-state index is 0.0567. The zero-order valence-electron chi connectivity index (χ0n) is 14.7. The Morgan fingerprint density at radius 3 is 2.39 bits per heavy atom. The van der Waals surface area contributed by atoms with E-state index in [1.165, 1.54) is 41.1 Å². The number of aromatic carboxylic acids is 1. The third kappa shape index (κ3) is 3.11. The van der Waals surface area contributed by atoms with Crippen molar-refractivity contribution in [2.75, 3.05) is 31.2 Å². The van der Waals surface area contributed by atoms with Gasteiger partial charge in [0.1, 0.15) is 17.2 Å². The van der Waals surface area contributed by atoms with E-state index in [0.717, 1.165) is 6.07 Å². The van der Waals surface area contributed by atoms with Crippen LogP contribution in [-0.2, 0) is 4.74 Å². The smallest absolute Gasteiger partial charge is 0.341 e. The number of halogens is 2. The summed E-state index contributed by atoms with van der Waals surface area (Å²) in [6, 6.07) is 7.96. The number of hydrogen-bond acceptors (Lipinski definition) is 4. The molecule has 0 atom stereocenters. The van der Waals surface area contributed by atoms with Gasteiger partial charge in [0, 0.05) is 30.4 Å². The molecule has 6 nitrogen and oxygen atoms in total. The number of carbonyl (C=O) groups is 1. The van der Waals surface area contributed by atoms with E-state index in [1.54, 1.807) is 0 Å². The Labute approximate surface area is 158 Å². The van der Waals surface area contributed by atoms with E-state index in [4.69, 9.17) is 4.74 Å². The number of carboxylic acid groups (broad SMARTS) is 1. The minimum Gasteiger partial charge on any atom is -0.477 e. The van der Waals surface area contributed by atoms with Crippen LogP contribution in [0.2, 0.25) is 0 Å². The van der Waals surface area contributed by atoms with Gasteiger partial charge in [-0.2, -0.15) is 0 Å². The van der Waals surface area contributed by atoms with E-state index in [2.05, 4.69) is 0 Å². The van der Waals surface area contributed by atoms with Crippen molar-refractivity contribution in [1.29, 1.82) is 0 Å². The van der Waals surface area contributed by atoms with Gasteiger partial charge in [0.15, 0.2) is 0 Å². The molecule has 1 saturated heterocycles. The van der Waals surface area contributed by atoms with Gasteiger partial charge in [0.2, 0.25) is 5.43 Å². The van der Waals surface area contributed by atoms with Crippen LogP contribution < -0.4 is 10.3 Å². The van der Waals surface area contributed by atoms with Gasteiger partial charge in [-0.15, -0.1) is 0 Å². The van der Waals surface area contributed by atoms with Crippen LogP contribution >= 0.6 is 0 Å². The molecule has 2 heterocycles. The Bertz CT molecular complexity index is 1120. The third-order valence-electron chi connectivity index (χ3n) is 4.76. The molecule has 28 heavy (non-hydrogen) atoms. The Hall–Kier alpha value is -3.26. The second-order valence-electron chi connectivity index (χ2n) is 6.44. The van der Waals surface area contributed by atoms with Gasteiger partial charge in [0.25, 0.3) is 0 Å². The Balaban J connectivity index is 2.01. The highest BCUT2D eigenvalue weighted by Crippen LogP contribution is 2.27. The first-order valence-electron chi connectivity index (χ1n) is 8.66. The Morgan fingerprint density at radius 2 is 1.75 bits per heavy atom. The predicted molar refractivity (Wildman–Crippen MR) is 99.5 cm³/mol. The molecule has 1 N–H and O–H groups in total. The summed E-state index contributed by atoms with van der Waals surface area (Å²) in [5, 5.41) is 9.32. The number of rotatable bonds is 3. The van der Waals surface area contributed by atoms with E-state index in [-0.39, 0.29) is 5.39 Å². The van der Waals surface area contributed by atoms with Crippen molar-refractivity contribution in [3.63, 3.8) is 0 Å². The number of ether oxygens (including phenoxy) is 1. The summed E-state index contributed by atoms with van der Waals surface area (Å²) in [4.78, 5) is 25.9. The van der Waals surface area contributed by atoms with Gasteiger partial charge in [0.05, 0.1) is 24.4 Å². The SMILES string of the molecule is O=C(O)c1cn(-c2ccc(F)cc2)c2cc(N3CCOCC3)c(F)cc2c1=O. The van der Waals surface area contributed by atoms with E-state index < -0.39 is 28.6 Å². The van der Waals surface area contributed by atoms with Crippen LogP contribution in [0, 0.1) is 11.6 Å². The number of aromatic nitrogens is 1. The van der Waals surface area contributed by atoms with Crippen molar-refractivity contribution in [1.82, 2.24) is 4.57 Å². The molecular weight excluding hydrogens is 370 g/mol. The average molecular weight is 386 g/mol. The molecule has 0 amide bonds. The molecule has 0 bridgehead atoms. The van der Waals surface area contributed by atoms with Gasteiger partial charge in [-0.25, -0.2) is 13.6 Å². The molecule has 2 aromatic carbocycles. The second-order valence-corrected chi connectivity index (χ2v) is 6.44. The maximum Gasteiger partial charge on any atom is 0.341 e. The molecule has 1 aliphatic rings. The van der Waals surface area contributed by atoms with Crippen LogP contribution in [0.15, 0.2) is 47.4 Å². The van der Waals surface area contributed by atoms with Gasteiger partial charge >= 0.3 is 5.97 Å². The largest absolute Gasteiger partial charge is 0.477 e. The van der Waals surface area contributed by atoms with E-state index >= 15 is 0 Å². The zero-order chi connectivity index (χ0) is 19.8. The summed E-state index contributed by atoms with van der Waals surface area (Å²) in [5.74, 6) is -2.48. The van der Waals surface area contributed by atoms with Crippen molar-refractivity contribution in [2.45, 2.75) is 0 Å². The third-order valence-corrected chi connectivity index (χ3v) is 4.76. The number of nitrogens with zero attached hydrogens (tertiary/aromatic N) is 2. The Morgan fingerprint density at radius 1 is 1.07 bits per heavy atom. The summed E-state index contributed by atoms with van der Waals surface area (Å²) in [5.41, 5.74) is -0.171. The van der Waals surface area contributed by atoms with Gasteiger partial charge in [-0.05, 0) is 36.4 Å². The molecule has 1 fully saturated rings. The topological polar surface area (TPSA) is 71.8 Å². The lowest BCUT2D eigenvalue weighted by Gasteiger charge is -2.29. The average Bonchev–Trinajstić information content (AvgIpc) is 2.69. The molecule has 0 aliphatic carbocycles. The van der Waals surface area contributed by atoms with E-state index in [1.807, 2.05) is 4.90 Å². The highest BCUT2D eigenvalue weighted by atomic mass is 19.1. The number of benzene rings is 2. The maximum atomic E-state index is 14.8. The first kappa shape index (κ1) is 18.1. The maximum absolute atomic E-state index is 14.8. The van der Waals surface area contributed by atoms with Gasteiger partial charge in [-0.1, -0.05) is 0 Å². The number of morpholine rings is 1. The zero-order valence-corrected chi connectivity index (χ0v) is 14.7.